The zero-order valence-electron chi connectivity index (χ0n) is 9.88. The topological polar surface area (TPSA) is 40.5 Å². The molecule has 18 heavy (non-hydrogen) atoms. The van der Waals surface area contributed by atoms with Crippen LogP contribution < -0.4 is 0 Å². The van der Waals surface area contributed by atoms with Crippen molar-refractivity contribution in [2.24, 2.45) is 0 Å². The van der Waals surface area contributed by atoms with Crippen molar-refractivity contribution in [1.29, 1.82) is 0 Å². The Labute approximate surface area is 115 Å². The second kappa shape index (κ2) is 6.03. The molecular weight excluding hydrogens is 292 g/mol. The van der Waals surface area contributed by atoms with Gasteiger partial charge in [-0.1, -0.05) is 40.2 Å². The van der Waals surface area contributed by atoms with Gasteiger partial charge in [-0.2, -0.15) is 0 Å². The van der Waals surface area contributed by atoms with Crippen molar-refractivity contribution >= 4 is 15.9 Å². The Morgan fingerprint density at radius 1 is 0.833 bits per heavy atom. The highest BCUT2D eigenvalue weighted by molar-refractivity contribution is 9.10. The van der Waals surface area contributed by atoms with Crippen LogP contribution in [0, 0.1) is 0 Å². The zero-order valence-corrected chi connectivity index (χ0v) is 11.5. The third-order valence-electron chi connectivity index (χ3n) is 2.79. The van der Waals surface area contributed by atoms with Gasteiger partial charge >= 0.3 is 0 Å². The zero-order chi connectivity index (χ0) is 13.0. The first-order valence-corrected chi connectivity index (χ1v) is 6.63. The lowest BCUT2D eigenvalue weighted by atomic mass is 10.0. The molecule has 0 fully saturated rings. The number of hydrogen-bond donors (Lipinski definition) is 2. The third-order valence-corrected chi connectivity index (χ3v) is 3.32. The molecule has 0 aliphatic rings. The molecule has 0 radical (unpaired) electrons. The minimum Gasteiger partial charge on any atom is -0.508 e. The molecule has 0 heterocycles. The summed E-state index contributed by atoms with van der Waals surface area (Å²) in [6.45, 7) is 0. The van der Waals surface area contributed by atoms with E-state index in [-0.39, 0.29) is 5.75 Å². The van der Waals surface area contributed by atoms with E-state index in [4.69, 9.17) is 0 Å². The first kappa shape index (κ1) is 13.1. The molecule has 3 heteroatoms. The fourth-order valence-corrected chi connectivity index (χ4v) is 2.13. The Balaban J connectivity index is 1.94. The summed E-state index contributed by atoms with van der Waals surface area (Å²) < 4.78 is 1.04. The van der Waals surface area contributed by atoms with E-state index in [9.17, 15) is 10.2 Å². The molecule has 2 nitrogen and oxygen atoms in total. The SMILES string of the molecule is Oc1ccc(CC(O)Cc2ccc(Br)cc2)cc1. The van der Waals surface area contributed by atoms with Crippen molar-refractivity contribution in [2.45, 2.75) is 18.9 Å². The van der Waals surface area contributed by atoms with Crippen LogP contribution in [0.2, 0.25) is 0 Å². The molecule has 2 rings (SSSR count). The highest BCUT2D eigenvalue weighted by Crippen LogP contribution is 2.15. The van der Waals surface area contributed by atoms with Crippen molar-refractivity contribution < 1.29 is 10.2 Å². The van der Waals surface area contributed by atoms with Gasteiger partial charge in [-0.15, -0.1) is 0 Å². The van der Waals surface area contributed by atoms with Crippen molar-refractivity contribution in [3.05, 3.63) is 64.1 Å². The minimum absolute atomic E-state index is 0.251. The number of aliphatic hydroxyl groups excluding tert-OH is 1. The minimum atomic E-state index is -0.407. The smallest absolute Gasteiger partial charge is 0.115 e. The van der Waals surface area contributed by atoms with E-state index in [2.05, 4.69) is 15.9 Å². The number of halogens is 1. The van der Waals surface area contributed by atoms with E-state index in [1.807, 2.05) is 36.4 Å². The maximum atomic E-state index is 10.0. The Morgan fingerprint density at radius 2 is 1.28 bits per heavy atom. The lowest BCUT2D eigenvalue weighted by Crippen LogP contribution is -2.13. The second-order valence-corrected chi connectivity index (χ2v) is 5.27. The maximum Gasteiger partial charge on any atom is 0.115 e. The van der Waals surface area contributed by atoms with E-state index in [1.165, 1.54) is 0 Å². The molecule has 0 amide bonds. The van der Waals surface area contributed by atoms with Gasteiger partial charge in [-0.05, 0) is 48.2 Å². The fourth-order valence-electron chi connectivity index (χ4n) is 1.87. The highest BCUT2D eigenvalue weighted by Gasteiger charge is 2.07. The van der Waals surface area contributed by atoms with E-state index in [0.29, 0.717) is 12.8 Å². The average molecular weight is 307 g/mol. The lowest BCUT2D eigenvalue weighted by molar-refractivity contribution is 0.175. The lowest BCUT2D eigenvalue weighted by Gasteiger charge is -2.11. The van der Waals surface area contributed by atoms with E-state index in [0.717, 1.165) is 15.6 Å². The normalized spacial score (nSPS) is 12.3. The quantitative estimate of drug-likeness (QED) is 0.910. The molecule has 0 saturated carbocycles. The van der Waals surface area contributed by atoms with Gasteiger partial charge in [0.15, 0.2) is 0 Å². The number of aliphatic hydroxyl groups is 1. The number of hydrogen-bond acceptors (Lipinski definition) is 2. The van der Waals surface area contributed by atoms with Gasteiger partial charge in [0.2, 0.25) is 0 Å². The molecule has 0 saturated heterocycles. The molecule has 0 aliphatic heterocycles. The second-order valence-electron chi connectivity index (χ2n) is 4.35. The monoisotopic (exact) mass is 306 g/mol. The van der Waals surface area contributed by atoms with Crippen molar-refractivity contribution in [3.8, 4) is 5.75 Å². The van der Waals surface area contributed by atoms with Crippen molar-refractivity contribution in [1.82, 2.24) is 0 Å². The Hall–Kier alpha value is -1.32. The van der Waals surface area contributed by atoms with Crippen LogP contribution in [0.5, 0.6) is 5.75 Å². The van der Waals surface area contributed by atoms with Crippen molar-refractivity contribution in [2.75, 3.05) is 0 Å². The van der Waals surface area contributed by atoms with Gasteiger partial charge < -0.3 is 10.2 Å². The molecule has 0 aliphatic carbocycles. The summed E-state index contributed by atoms with van der Waals surface area (Å²) in [6, 6.07) is 14.9. The van der Waals surface area contributed by atoms with Crippen LogP contribution in [-0.2, 0) is 12.8 Å². The molecule has 1 atom stereocenters. The summed E-state index contributed by atoms with van der Waals surface area (Å²) in [4.78, 5) is 0. The standard InChI is InChI=1S/C15H15BrO2/c16-13-5-1-11(2-6-13)9-15(18)10-12-3-7-14(17)8-4-12/h1-8,15,17-18H,9-10H2. The average Bonchev–Trinajstić information content (AvgIpc) is 2.35. The molecule has 0 spiro atoms. The van der Waals surface area contributed by atoms with Crippen LogP contribution >= 0.6 is 15.9 Å². The van der Waals surface area contributed by atoms with Crippen LogP contribution in [0.15, 0.2) is 53.0 Å². The first-order valence-electron chi connectivity index (χ1n) is 5.84. The molecule has 0 bridgehead atoms. The van der Waals surface area contributed by atoms with Crippen LogP contribution in [-0.4, -0.2) is 16.3 Å². The Kier molecular flexibility index (Phi) is 4.39. The molecule has 0 aromatic heterocycles. The predicted octanol–water partition coefficient (Wildman–Crippen LogP) is 3.30. The van der Waals surface area contributed by atoms with Crippen LogP contribution in [0.25, 0.3) is 0 Å². The number of rotatable bonds is 4. The summed E-state index contributed by atoms with van der Waals surface area (Å²) in [5.74, 6) is 0.251. The van der Waals surface area contributed by atoms with Gasteiger partial charge in [-0.25, -0.2) is 0 Å². The van der Waals surface area contributed by atoms with Gasteiger partial charge in [0, 0.05) is 4.47 Å². The molecule has 1 unspecified atom stereocenters. The molecule has 2 N–H and O–H groups in total. The Bertz CT molecular complexity index is 443. The Morgan fingerprint density at radius 3 is 1.78 bits per heavy atom. The summed E-state index contributed by atoms with van der Waals surface area (Å²) in [5.41, 5.74) is 2.14. The van der Waals surface area contributed by atoms with Crippen LogP contribution in [0.1, 0.15) is 11.1 Å². The first-order chi connectivity index (χ1) is 8.63. The molecule has 2 aromatic carbocycles. The number of phenols is 1. The summed E-state index contributed by atoms with van der Waals surface area (Å²) in [7, 11) is 0. The van der Waals surface area contributed by atoms with Gasteiger partial charge in [0.05, 0.1) is 6.10 Å². The molecule has 94 valence electrons. The van der Waals surface area contributed by atoms with E-state index >= 15 is 0 Å². The van der Waals surface area contributed by atoms with Crippen LogP contribution in [0.4, 0.5) is 0 Å². The number of phenolic OH excluding ortho intramolecular Hbond substituents is 1. The van der Waals surface area contributed by atoms with Gasteiger partial charge in [-0.3, -0.25) is 0 Å². The highest BCUT2D eigenvalue weighted by atomic mass is 79.9. The maximum absolute atomic E-state index is 10.0. The van der Waals surface area contributed by atoms with Gasteiger partial charge in [0.25, 0.3) is 0 Å². The predicted molar refractivity (Wildman–Crippen MR) is 75.7 cm³/mol. The fraction of sp³-hybridized carbons (Fsp3) is 0.200. The van der Waals surface area contributed by atoms with Crippen LogP contribution in [0.3, 0.4) is 0 Å². The molecular formula is C15H15BrO2. The largest absolute Gasteiger partial charge is 0.508 e. The summed E-state index contributed by atoms with van der Waals surface area (Å²) in [6.07, 6.45) is 0.820. The number of benzene rings is 2. The van der Waals surface area contributed by atoms with Gasteiger partial charge in [0.1, 0.15) is 5.75 Å². The number of aromatic hydroxyl groups is 1. The van der Waals surface area contributed by atoms with E-state index < -0.39 is 6.10 Å². The molecule has 2 aromatic rings. The third kappa shape index (κ3) is 3.86. The van der Waals surface area contributed by atoms with E-state index in [1.54, 1.807) is 12.1 Å². The summed E-state index contributed by atoms with van der Waals surface area (Å²) >= 11 is 3.39. The van der Waals surface area contributed by atoms with Crippen molar-refractivity contribution in [3.63, 3.8) is 0 Å². The summed E-state index contributed by atoms with van der Waals surface area (Å²) in [5, 5.41) is 19.2.